The summed E-state index contributed by atoms with van der Waals surface area (Å²) in [7, 11) is 0. The quantitative estimate of drug-likeness (QED) is 0.407. The molecule has 0 bridgehead atoms. The van der Waals surface area contributed by atoms with Gasteiger partial charge in [-0.1, -0.05) is 74.2 Å². The Morgan fingerprint density at radius 1 is 0.609 bits per heavy atom. The predicted octanol–water partition coefficient (Wildman–Crippen LogP) is 5.87. The van der Waals surface area contributed by atoms with Gasteiger partial charge in [-0.25, -0.2) is 0 Å². The molecule has 1 N–H and O–H groups in total. The molecule has 0 heterocycles. The van der Waals surface area contributed by atoms with E-state index in [9.17, 15) is 0 Å². The van der Waals surface area contributed by atoms with Crippen molar-refractivity contribution < 1.29 is 5.11 Å². The third-order valence-corrected chi connectivity index (χ3v) is 4.72. The van der Waals surface area contributed by atoms with E-state index >= 15 is 0 Å². The summed E-state index contributed by atoms with van der Waals surface area (Å²) in [4.78, 5) is 0. The highest BCUT2D eigenvalue weighted by Crippen LogP contribution is 2.29. The zero-order valence-corrected chi connectivity index (χ0v) is 13.8. The van der Waals surface area contributed by atoms with E-state index in [4.69, 9.17) is 5.11 Å². The molecular weight excluding hydrogens is 280 g/mol. The summed E-state index contributed by atoms with van der Waals surface area (Å²) in [6.07, 6.45) is 8.32. The molecule has 1 heteroatoms. The van der Waals surface area contributed by atoms with Gasteiger partial charge >= 0.3 is 0 Å². The van der Waals surface area contributed by atoms with Gasteiger partial charge in [0.1, 0.15) is 0 Å². The molecule has 0 aliphatic carbocycles. The summed E-state index contributed by atoms with van der Waals surface area (Å²) in [5, 5.41) is 14.3. The smallest absolute Gasteiger partial charge is 0.0431 e. The first-order valence-electron chi connectivity index (χ1n) is 8.90. The lowest BCUT2D eigenvalue weighted by Crippen LogP contribution is -1.91. The Hall–Kier alpha value is -1.86. The van der Waals surface area contributed by atoms with E-state index in [-0.39, 0.29) is 0 Å². The van der Waals surface area contributed by atoms with Crippen LogP contribution in [0.2, 0.25) is 0 Å². The molecule has 3 rings (SSSR count). The van der Waals surface area contributed by atoms with Crippen LogP contribution in [0.3, 0.4) is 0 Å². The number of rotatable bonds is 8. The molecule has 0 radical (unpaired) electrons. The van der Waals surface area contributed by atoms with Crippen molar-refractivity contribution in [2.45, 2.75) is 44.9 Å². The minimum Gasteiger partial charge on any atom is -0.396 e. The van der Waals surface area contributed by atoms with Crippen molar-refractivity contribution in [2.24, 2.45) is 0 Å². The molecule has 120 valence electrons. The first kappa shape index (κ1) is 16.0. The lowest BCUT2D eigenvalue weighted by molar-refractivity contribution is 0.282. The second-order valence-corrected chi connectivity index (χ2v) is 6.39. The molecule has 0 aliphatic heterocycles. The van der Waals surface area contributed by atoms with E-state index < -0.39 is 0 Å². The van der Waals surface area contributed by atoms with Crippen molar-refractivity contribution in [3.05, 3.63) is 60.2 Å². The maximum absolute atomic E-state index is 8.82. The minimum atomic E-state index is 0.335. The molecule has 23 heavy (non-hydrogen) atoms. The van der Waals surface area contributed by atoms with Gasteiger partial charge in [0, 0.05) is 6.61 Å². The zero-order chi connectivity index (χ0) is 15.9. The van der Waals surface area contributed by atoms with Gasteiger partial charge in [-0.15, -0.1) is 0 Å². The van der Waals surface area contributed by atoms with Crippen LogP contribution in [0.5, 0.6) is 0 Å². The fraction of sp³-hybridized carbons (Fsp3) is 0.364. The van der Waals surface area contributed by atoms with Crippen LogP contribution < -0.4 is 0 Å². The van der Waals surface area contributed by atoms with Crippen LogP contribution in [0, 0.1) is 0 Å². The molecule has 3 aromatic carbocycles. The molecule has 0 fully saturated rings. The van der Waals surface area contributed by atoms with Crippen LogP contribution in [-0.2, 0) is 6.42 Å². The third kappa shape index (κ3) is 3.92. The van der Waals surface area contributed by atoms with E-state index in [1.165, 1.54) is 52.8 Å². The molecule has 0 atom stereocenters. The lowest BCUT2D eigenvalue weighted by Gasteiger charge is -2.11. The first-order valence-corrected chi connectivity index (χ1v) is 8.90. The van der Waals surface area contributed by atoms with E-state index in [2.05, 4.69) is 54.6 Å². The van der Waals surface area contributed by atoms with Gasteiger partial charge in [0.25, 0.3) is 0 Å². The van der Waals surface area contributed by atoms with E-state index in [1.54, 1.807) is 0 Å². The Morgan fingerprint density at radius 2 is 1.13 bits per heavy atom. The maximum Gasteiger partial charge on any atom is 0.0431 e. The van der Waals surface area contributed by atoms with Crippen molar-refractivity contribution in [2.75, 3.05) is 6.61 Å². The van der Waals surface area contributed by atoms with Crippen LogP contribution in [0.15, 0.2) is 54.6 Å². The largest absolute Gasteiger partial charge is 0.396 e. The zero-order valence-electron chi connectivity index (χ0n) is 13.8. The number of hydrogen-bond acceptors (Lipinski definition) is 1. The van der Waals surface area contributed by atoms with Crippen LogP contribution in [0.1, 0.15) is 44.1 Å². The summed E-state index contributed by atoms with van der Waals surface area (Å²) >= 11 is 0. The molecule has 0 saturated heterocycles. The molecule has 0 amide bonds. The van der Waals surface area contributed by atoms with Gasteiger partial charge in [0.05, 0.1) is 0 Å². The van der Waals surface area contributed by atoms with Crippen molar-refractivity contribution in [1.82, 2.24) is 0 Å². The van der Waals surface area contributed by atoms with Gasteiger partial charge in [-0.2, -0.15) is 0 Å². The highest BCUT2D eigenvalue weighted by Gasteiger charge is 2.06. The Balaban J connectivity index is 1.75. The average molecular weight is 306 g/mol. The number of aliphatic hydroxyl groups excluding tert-OH is 1. The molecule has 0 spiro atoms. The summed E-state index contributed by atoms with van der Waals surface area (Å²) < 4.78 is 0. The van der Waals surface area contributed by atoms with Crippen molar-refractivity contribution in [1.29, 1.82) is 0 Å². The predicted molar refractivity (Wildman–Crippen MR) is 99.9 cm³/mol. The first-order chi connectivity index (χ1) is 11.4. The summed E-state index contributed by atoms with van der Waals surface area (Å²) in [5.74, 6) is 0. The number of aliphatic hydroxyl groups is 1. The molecule has 1 nitrogen and oxygen atoms in total. The Morgan fingerprint density at radius 3 is 1.74 bits per heavy atom. The SMILES string of the molecule is OCCCCCCCCc1c2ccccc2cc2ccccc12. The van der Waals surface area contributed by atoms with Crippen molar-refractivity contribution in [3.63, 3.8) is 0 Å². The van der Waals surface area contributed by atoms with Gasteiger partial charge < -0.3 is 5.11 Å². The topological polar surface area (TPSA) is 20.2 Å². The minimum absolute atomic E-state index is 0.335. The lowest BCUT2D eigenvalue weighted by atomic mass is 9.93. The fourth-order valence-corrected chi connectivity index (χ4v) is 3.50. The van der Waals surface area contributed by atoms with Crippen molar-refractivity contribution in [3.8, 4) is 0 Å². The Bertz CT molecular complexity index is 706. The monoisotopic (exact) mass is 306 g/mol. The van der Waals surface area contributed by atoms with Crippen molar-refractivity contribution >= 4 is 21.5 Å². The maximum atomic E-state index is 8.82. The standard InChI is InChI=1S/C22H26O/c23-16-10-4-2-1-3-5-15-22-20-13-8-6-11-18(20)17-19-12-7-9-14-21(19)22/h6-9,11-14,17,23H,1-5,10,15-16H2. The van der Waals surface area contributed by atoms with Gasteiger partial charge in [-0.3, -0.25) is 0 Å². The number of hydrogen-bond donors (Lipinski definition) is 1. The second kappa shape index (κ2) is 8.12. The number of benzene rings is 3. The molecular formula is C22H26O. The third-order valence-electron chi connectivity index (χ3n) is 4.72. The molecule has 3 aromatic rings. The van der Waals surface area contributed by atoms with E-state index in [1.807, 2.05) is 0 Å². The Kier molecular flexibility index (Phi) is 5.65. The van der Waals surface area contributed by atoms with Gasteiger partial charge in [0.15, 0.2) is 0 Å². The highest BCUT2D eigenvalue weighted by atomic mass is 16.2. The van der Waals surface area contributed by atoms with Crippen LogP contribution >= 0.6 is 0 Å². The fourth-order valence-electron chi connectivity index (χ4n) is 3.50. The molecule has 0 aromatic heterocycles. The van der Waals surface area contributed by atoms with E-state index in [0.717, 1.165) is 19.3 Å². The summed E-state index contributed by atoms with van der Waals surface area (Å²) in [6, 6.07) is 19.8. The molecule has 0 aliphatic rings. The Labute approximate surface area is 139 Å². The average Bonchev–Trinajstić information content (AvgIpc) is 2.60. The number of aryl methyl sites for hydroxylation is 1. The van der Waals surface area contributed by atoms with Gasteiger partial charge in [-0.05, 0) is 52.4 Å². The summed E-state index contributed by atoms with van der Waals surface area (Å²) in [6.45, 7) is 0.335. The number of unbranched alkanes of at least 4 members (excludes halogenated alkanes) is 5. The highest BCUT2D eigenvalue weighted by molar-refractivity contribution is 6.02. The molecule has 0 unspecified atom stereocenters. The van der Waals surface area contributed by atoms with Crippen LogP contribution in [0.25, 0.3) is 21.5 Å². The molecule has 0 saturated carbocycles. The second-order valence-electron chi connectivity index (χ2n) is 6.39. The van der Waals surface area contributed by atoms with Gasteiger partial charge in [0.2, 0.25) is 0 Å². The summed E-state index contributed by atoms with van der Waals surface area (Å²) in [5.41, 5.74) is 1.51. The van der Waals surface area contributed by atoms with Crippen LogP contribution in [-0.4, -0.2) is 11.7 Å². The number of fused-ring (bicyclic) bond motifs is 2. The van der Waals surface area contributed by atoms with Crippen LogP contribution in [0.4, 0.5) is 0 Å². The normalized spacial score (nSPS) is 11.3. The van der Waals surface area contributed by atoms with E-state index in [0.29, 0.717) is 6.61 Å².